The first-order chi connectivity index (χ1) is 6.48. The molecule has 0 saturated heterocycles. The van der Waals surface area contributed by atoms with Crippen molar-refractivity contribution in [2.75, 3.05) is 0 Å². The molecule has 1 heterocycles. The fourth-order valence-corrected chi connectivity index (χ4v) is 1.45. The maximum absolute atomic E-state index is 10.3. The monoisotopic (exact) mass is 193 g/mol. The molecule has 1 aromatic rings. The Kier molecular flexibility index (Phi) is 3.27. The van der Waals surface area contributed by atoms with Crippen LogP contribution in [-0.2, 0) is 5.60 Å². The second kappa shape index (κ2) is 4.09. The SMILES string of the molecule is CCC(C)C(C)(O)c1ccc(C)nc1. The second-order valence-electron chi connectivity index (χ2n) is 4.15. The van der Waals surface area contributed by atoms with Crippen molar-refractivity contribution < 1.29 is 5.11 Å². The first kappa shape index (κ1) is 11.2. The largest absolute Gasteiger partial charge is 0.385 e. The standard InChI is InChI=1S/C12H19NO/c1-5-9(2)12(4,14)11-7-6-10(3)13-8-11/h6-9,14H,5H2,1-4H3. The number of aromatic nitrogens is 1. The van der Waals surface area contributed by atoms with Gasteiger partial charge in [-0.3, -0.25) is 4.98 Å². The molecule has 1 aromatic heterocycles. The number of aliphatic hydroxyl groups is 1. The molecule has 2 nitrogen and oxygen atoms in total. The minimum Gasteiger partial charge on any atom is -0.385 e. The normalized spacial score (nSPS) is 17.5. The molecule has 2 atom stereocenters. The zero-order valence-electron chi connectivity index (χ0n) is 9.41. The summed E-state index contributed by atoms with van der Waals surface area (Å²) in [5.41, 5.74) is 1.11. The first-order valence-electron chi connectivity index (χ1n) is 5.14. The zero-order chi connectivity index (χ0) is 10.8. The summed E-state index contributed by atoms with van der Waals surface area (Å²) >= 11 is 0. The Morgan fingerprint density at radius 2 is 2.14 bits per heavy atom. The van der Waals surface area contributed by atoms with E-state index in [0.717, 1.165) is 17.7 Å². The zero-order valence-corrected chi connectivity index (χ0v) is 9.41. The third kappa shape index (κ3) is 2.13. The minimum atomic E-state index is -0.768. The van der Waals surface area contributed by atoms with Crippen LogP contribution in [0.1, 0.15) is 38.4 Å². The molecule has 78 valence electrons. The number of aryl methyl sites for hydroxylation is 1. The lowest BCUT2D eigenvalue weighted by Gasteiger charge is -2.29. The molecule has 0 aromatic carbocycles. The van der Waals surface area contributed by atoms with Gasteiger partial charge >= 0.3 is 0 Å². The Labute approximate surface area is 86.0 Å². The molecule has 2 heteroatoms. The van der Waals surface area contributed by atoms with Gasteiger partial charge in [0, 0.05) is 17.5 Å². The van der Waals surface area contributed by atoms with Crippen molar-refractivity contribution in [3.8, 4) is 0 Å². The number of pyridine rings is 1. The molecule has 0 amide bonds. The molecule has 1 rings (SSSR count). The fraction of sp³-hybridized carbons (Fsp3) is 0.583. The highest BCUT2D eigenvalue weighted by Gasteiger charge is 2.29. The van der Waals surface area contributed by atoms with E-state index in [4.69, 9.17) is 0 Å². The summed E-state index contributed by atoms with van der Waals surface area (Å²) < 4.78 is 0. The van der Waals surface area contributed by atoms with Gasteiger partial charge in [-0.1, -0.05) is 26.3 Å². The van der Waals surface area contributed by atoms with E-state index in [-0.39, 0.29) is 5.92 Å². The van der Waals surface area contributed by atoms with Crippen molar-refractivity contribution in [1.29, 1.82) is 0 Å². The van der Waals surface area contributed by atoms with Gasteiger partial charge in [-0.25, -0.2) is 0 Å². The van der Waals surface area contributed by atoms with E-state index in [1.165, 1.54) is 0 Å². The quantitative estimate of drug-likeness (QED) is 0.800. The summed E-state index contributed by atoms with van der Waals surface area (Å²) in [7, 11) is 0. The van der Waals surface area contributed by atoms with Crippen molar-refractivity contribution in [2.45, 2.75) is 39.7 Å². The summed E-state index contributed by atoms with van der Waals surface area (Å²) in [6, 6.07) is 3.89. The van der Waals surface area contributed by atoms with Gasteiger partial charge in [0.05, 0.1) is 5.60 Å². The second-order valence-corrected chi connectivity index (χ2v) is 4.15. The Balaban J connectivity index is 2.97. The van der Waals surface area contributed by atoms with Crippen LogP contribution in [0.4, 0.5) is 0 Å². The van der Waals surface area contributed by atoms with Crippen molar-refractivity contribution >= 4 is 0 Å². The van der Waals surface area contributed by atoms with Gasteiger partial charge in [0.1, 0.15) is 0 Å². The van der Waals surface area contributed by atoms with E-state index < -0.39 is 5.60 Å². The van der Waals surface area contributed by atoms with Gasteiger partial charge in [0.25, 0.3) is 0 Å². The number of hydrogen-bond donors (Lipinski definition) is 1. The van der Waals surface area contributed by atoms with E-state index in [1.807, 2.05) is 26.0 Å². The van der Waals surface area contributed by atoms with E-state index >= 15 is 0 Å². The third-order valence-electron chi connectivity index (χ3n) is 3.07. The number of nitrogens with zero attached hydrogens (tertiary/aromatic N) is 1. The Bertz CT molecular complexity index is 290. The Morgan fingerprint density at radius 1 is 1.50 bits per heavy atom. The van der Waals surface area contributed by atoms with Gasteiger partial charge in [0.15, 0.2) is 0 Å². The first-order valence-corrected chi connectivity index (χ1v) is 5.14. The number of rotatable bonds is 3. The van der Waals surface area contributed by atoms with Crippen LogP contribution in [0.25, 0.3) is 0 Å². The Morgan fingerprint density at radius 3 is 2.57 bits per heavy atom. The van der Waals surface area contributed by atoms with Gasteiger partial charge in [-0.15, -0.1) is 0 Å². The molecule has 0 fully saturated rings. The van der Waals surface area contributed by atoms with Crippen molar-refractivity contribution in [3.63, 3.8) is 0 Å². The van der Waals surface area contributed by atoms with Crippen LogP contribution in [0.15, 0.2) is 18.3 Å². The lowest BCUT2D eigenvalue weighted by Crippen LogP contribution is -2.29. The summed E-state index contributed by atoms with van der Waals surface area (Å²) in [6.45, 7) is 7.94. The van der Waals surface area contributed by atoms with Crippen LogP contribution in [-0.4, -0.2) is 10.1 Å². The lowest BCUT2D eigenvalue weighted by atomic mass is 9.83. The number of hydrogen-bond acceptors (Lipinski definition) is 2. The predicted octanol–water partition coefficient (Wildman–Crippen LogP) is 2.64. The van der Waals surface area contributed by atoms with Crippen LogP contribution < -0.4 is 0 Å². The molecule has 0 bridgehead atoms. The van der Waals surface area contributed by atoms with Crippen LogP contribution in [0, 0.1) is 12.8 Å². The average molecular weight is 193 g/mol. The molecule has 0 saturated carbocycles. The highest BCUT2D eigenvalue weighted by molar-refractivity contribution is 5.20. The molecule has 0 aliphatic heterocycles. The van der Waals surface area contributed by atoms with E-state index in [9.17, 15) is 5.11 Å². The van der Waals surface area contributed by atoms with Crippen molar-refractivity contribution in [2.24, 2.45) is 5.92 Å². The summed E-state index contributed by atoms with van der Waals surface area (Å²) in [4.78, 5) is 4.20. The van der Waals surface area contributed by atoms with Gasteiger partial charge < -0.3 is 5.11 Å². The molecule has 14 heavy (non-hydrogen) atoms. The minimum absolute atomic E-state index is 0.243. The molecule has 0 aliphatic carbocycles. The third-order valence-corrected chi connectivity index (χ3v) is 3.07. The van der Waals surface area contributed by atoms with E-state index in [1.54, 1.807) is 6.20 Å². The molecule has 0 radical (unpaired) electrons. The van der Waals surface area contributed by atoms with Crippen molar-refractivity contribution in [3.05, 3.63) is 29.6 Å². The molecule has 0 spiro atoms. The molecule has 0 aliphatic rings. The predicted molar refractivity (Wildman–Crippen MR) is 58.0 cm³/mol. The lowest BCUT2D eigenvalue weighted by molar-refractivity contribution is -0.000298. The summed E-state index contributed by atoms with van der Waals surface area (Å²) in [5.74, 6) is 0.243. The van der Waals surface area contributed by atoms with Crippen molar-refractivity contribution in [1.82, 2.24) is 4.98 Å². The highest BCUT2D eigenvalue weighted by atomic mass is 16.3. The van der Waals surface area contributed by atoms with Crippen LogP contribution in [0.2, 0.25) is 0 Å². The van der Waals surface area contributed by atoms with Crippen LogP contribution >= 0.6 is 0 Å². The van der Waals surface area contributed by atoms with E-state index in [0.29, 0.717) is 0 Å². The van der Waals surface area contributed by atoms with E-state index in [2.05, 4.69) is 18.8 Å². The topological polar surface area (TPSA) is 33.1 Å². The summed E-state index contributed by atoms with van der Waals surface area (Å²) in [5, 5.41) is 10.3. The molecule has 2 unspecified atom stereocenters. The van der Waals surface area contributed by atoms with Gasteiger partial charge in [0.2, 0.25) is 0 Å². The Hall–Kier alpha value is -0.890. The van der Waals surface area contributed by atoms with Gasteiger partial charge in [-0.05, 0) is 25.8 Å². The molecular weight excluding hydrogens is 174 g/mol. The van der Waals surface area contributed by atoms with Crippen LogP contribution in [0.5, 0.6) is 0 Å². The summed E-state index contributed by atoms with van der Waals surface area (Å²) in [6.07, 6.45) is 2.72. The van der Waals surface area contributed by atoms with Gasteiger partial charge in [-0.2, -0.15) is 0 Å². The fourth-order valence-electron chi connectivity index (χ4n) is 1.45. The average Bonchev–Trinajstić information content (AvgIpc) is 2.17. The maximum atomic E-state index is 10.3. The highest BCUT2D eigenvalue weighted by Crippen LogP contribution is 2.30. The van der Waals surface area contributed by atoms with Crippen LogP contribution in [0.3, 0.4) is 0 Å². The maximum Gasteiger partial charge on any atom is 0.0908 e. The molecule has 1 N–H and O–H groups in total. The smallest absolute Gasteiger partial charge is 0.0908 e. The molecular formula is C12H19NO.